The molecule has 1 aliphatic carbocycles. The number of carbonyl (C=O) groups is 1. The summed E-state index contributed by atoms with van der Waals surface area (Å²) in [6.07, 6.45) is 2.79. The second-order valence-electron chi connectivity index (χ2n) is 5.69. The van der Waals surface area contributed by atoms with Crippen molar-refractivity contribution in [2.24, 2.45) is 0 Å². The smallest absolute Gasteiger partial charge is 0.251 e. The third-order valence-electron chi connectivity index (χ3n) is 3.69. The molecule has 1 saturated carbocycles. The van der Waals surface area contributed by atoms with E-state index in [1.165, 1.54) is 23.5 Å². The van der Waals surface area contributed by atoms with Crippen LogP contribution in [-0.2, 0) is 23.0 Å². The first-order valence-electron chi connectivity index (χ1n) is 7.82. The molecule has 128 valence electrons. The minimum absolute atomic E-state index is 0.0817. The summed E-state index contributed by atoms with van der Waals surface area (Å²) in [5.41, 5.74) is 1.31. The van der Waals surface area contributed by atoms with E-state index < -0.39 is 10.0 Å². The van der Waals surface area contributed by atoms with Crippen LogP contribution in [0.15, 0.2) is 34.5 Å². The number of hydrogen-bond acceptors (Lipinski definition) is 5. The van der Waals surface area contributed by atoms with Crippen molar-refractivity contribution in [2.45, 2.75) is 43.7 Å². The summed E-state index contributed by atoms with van der Waals surface area (Å²) in [4.78, 5) is 16.5. The highest BCUT2D eigenvalue weighted by molar-refractivity contribution is 7.89. The summed E-state index contributed by atoms with van der Waals surface area (Å²) in [6, 6.07) is 6.31. The first-order chi connectivity index (χ1) is 11.5. The number of aryl methyl sites for hydroxylation is 1. The predicted molar refractivity (Wildman–Crippen MR) is 92.4 cm³/mol. The van der Waals surface area contributed by atoms with Gasteiger partial charge in [0.1, 0.15) is 5.01 Å². The molecule has 3 rings (SSSR count). The van der Waals surface area contributed by atoms with E-state index in [0.29, 0.717) is 5.56 Å². The van der Waals surface area contributed by atoms with Crippen LogP contribution in [0.1, 0.15) is 40.8 Å². The van der Waals surface area contributed by atoms with Crippen molar-refractivity contribution in [3.63, 3.8) is 0 Å². The molecule has 0 radical (unpaired) electrons. The summed E-state index contributed by atoms with van der Waals surface area (Å²) in [5, 5.41) is 5.50. The fourth-order valence-corrected chi connectivity index (χ4v) is 4.07. The van der Waals surface area contributed by atoms with Gasteiger partial charge in [-0.15, -0.1) is 11.3 Å². The standard InChI is InChI=1S/C16H19N3O3S2/c1-2-12-10-23-15(18-12)9-17-24(21,22)14-5-3-4-11(8-14)16(20)19-13-6-7-13/h3-5,8,10,13,17H,2,6-7,9H2,1H3,(H,19,20). The third-order valence-corrected chi connectivity index (χ3v) is 5.99. The molecule has 0 bridgehead atoms. The molecular weight excluding hydrogens is 346 g/mol. The molecule has 0 aliphatic heterocycles. The summed E-state index contributed by atoms with van der Waals surface area (Å²) in [7, 11) is -3.69. The normalized spacial score (nSPS) is 14.5. The number of carbonyl (C=O) groups excluding carboxylic acids is 1. The van der Waals surface area contributed by atoms with E-state index in [0.717, 1.165) is 30.0 Å². The van der Waals surface area contributed by atoms with E-state index in [-0.39, 0.29) is 23.4 Å². The Hall–Kier alpha value is -1.77. The number of rotatable bonds is 7. The minimum atomic E-state index is -3.69. The highest BCUT2D eigenvalue weighted by Gasteiger charge is 2.24. The van der Waals surface area contributed by atoms with Gasteiger partial charge in [0.2, 0.25) is 10.0 Å². The first kappa shape index (κ1) is 17.1. The second-order valence-corrected chi connectivity index (χ2v) is 8.40. The lowest BCUT2D eigenvalue weighted by atomic mass is 10.2. The Balaban J connectivity index is 1.70. The lowest BCUT2D eigenvalue weighted by molar-refractivity contribution is 0.0951. The van der Waals surface area contributed by atoms with E-state index in [1.807, 2.05) is 12.3 Å². The molecule has 1 aliphatic rings. The maximum absolute atomic E-state index is 12.4. The van der Waals surface area contributed by atoms with Crippen LogP contribution in [0.4, 0.5) is 0 Å². The van der Waals surface area contributed by atoms with Crippen molar-refractivity contribution in [1.82, 2.24) is 15.0 Å². The van der Waals surface area contributed by atoms with E-state index in [1.54, 1.807) is 12.1 Å². The Morgan fingerprint density at radius 2 is 2.17 bits per heavy atom. The zero-order chi connectivity index (χ0) is 17.2. The van der Waals surface area contributed by atoms with Crippen LogP contribution in [0.2, 0.25) is 0 Å². The summed E-state index contributed by atoms with van der Waals surface area (Å²) in [5.74, 6) is -0.234. The number of amides is 1. The predicted octanol–water partition coefficient (Wildman–Crippen LogP) is 2.08. The number of sulfonamides is 1. The summed E-state index contributed by atoms with van der Waals surface area (Å²) < 4.78 is 27.4. The topological polar surface area (TPSA) is 88.2 Å². The molecule has 0 unspecified atom stereocenters. The number of hydrogen-bond donors (Lipinski definition) is 2. The molecule has 24 heavy (non-hydrogen) atoms. The average Bonchev–Trinajstić information content (AvgIpc) is 3.27. The molecular formula is C16H19N3O3S2. The van der Waals surface area contributed by atoms with Crippen LogP contribution in [0.5, 0.6) is 0 Å². The molecule has 0 spiro atoms. The molecule has 0 saturated heterocycles. The van der Waals surface area contributed by atoms with Crippen molar-refractivity contribution in [3.8, 4) is 0 Å². The van der Waals surface area contributed by atoms with E-state index in [9.17, 15) is 13.2 Å². The Kier molecular flexibility index (Phi) is 4.98. The van der Waals surface area contributed by atoms with Gasteiger partial charge < -0.3 is 5.32 Å². The molecule has 8 heteroatoms. The number of nitrogens with one attached hydrogen (secondary N) is 2. The molecule has 1 aromatic heterocycles. The molecule has 1 aromatic carbocycles. The number of aromatic nitrogens is 1. The van der Waals surface area contributed by atoms with Crippen molar-refractivity contribution < 1.29 is 13.2 Å². The van der Waals surface area contributed by atoms with Gasteiger partial charge in [0.15, 0.2) is 0 Å². The maximum atomic E-state index is 12.4. The Morgan fingerprint density at radius 1 is 1.38 bits per heavy atom. The van der Waals surface area contributed by atoms with Crippen molar-refractivity contribution >= 4 is 27.3 Å². The first-order valence-corrected chi connectivity index (χ1v) is 10.2. The highest BCUT2D eigenvalue weighted by atomic mass is 32.2. The average molecular weight is 365 g/mol. The van der Waals surface area contributed by atoms with Crippen LogP contribution in [0, 0.1) is 0 Å². The van der Waals surface area contributed by atoms with Gasteiger partial charge in [-0.25, -0.2) is 18.1 Å². The molecule has 1 amide bonds. The number of benzene rings is 1. The molecule has 2 N–H and O–H groups in total. The van der Waals surface area contributed by atoms with Gasteiger partial charge in [0.25, 0.3) is 5.91 Å². The fraction of sp³-hybridized carbons (Fsp3) is 0.375. The molecule has 1 heterocycles. The quantitative estimate of drug-likeness (QED) is 0.786. The molecule has 0 atom stereocenters. The van der Waals surface area contributed by atoms with Crippen LogP contribution in [0.3, 0.4) is 0 Å². The second kappa shape index (κ2) is 7.00. The number of thiazole rings is 1. The fourth-order valence-electron chi connectivity index (χ4n) is 2.13. The van der Waals surface area contributed by atoms with Crippen LogP contribution in [0.25, 0.3) is 0 Å². The SMILES string of the molecule is CCc1csc(CNS(=O)(=O)c2cccc(C(=O)NC3CC3)c2)n1. The summed E-state index contributed by atoms with van der Waals surface area (Å²) >= 11 is 1.43. The van der Waals surface area contributed by atoms with Crippen LogP contribution >= 0.6 is 11.3 Å². The van der Waals surface area contributed by atoms with Crippen molar-refractivity contribution in [3.05, 3.63) is 45.9 Å². The minimum Gasteiger partial charge on any atom is -0.349 e. The Bertz CT molecular complexity index is 842. The molecule has 1 fully saturated rings. The molecule has 2 aromatic rings. The lowest BCUT2D eigenvalue weighted by Crippen LogP contribution is -2.26. The molecule has 6 nitrogen and oxygen atoms in total. The van der Waals surface area contributed by atoms with E-state index >= 15 is 0 Å². The highest BCUT2D eigenvalue weighted by Crippen LogP contribution is 2.20. The zero-order valence-corrected chi connectivity index (χ0v) is 14.9. The zero-order valence-electron chi connectivity index (χ0n) is 13.3. The largest absolute Gasteiger partial charge is 0.349 e. The summed E-state index contributed by atoms with van der Waals surface area (Å²) in [6.45, 7) is 2.15. The van der Waals surface area contributed by atoms with Gasteiger partial charge in [-0.3, -0.25) is 4.79 Å². The Morgan fingerprint density at radius 3 is 2.83 bits per heavy atom. The van der Waals surface area contributed by atoms with Gasteiger partial charge in [-0.05, 0) is 37.5 Å². The van der Waals surface area contributed by atoms with Gasteiger partial charge in [0, 0.05) is 17.0 Å². The van der Waals surface area contributed by atoms with Gasteiger partial charge in [0.05, 0.1) is 17.1 Å². The van der Waals surface area contributed by atoms with Crippen LogP contribution < -0.4 is 10.0 Å². The lowest BCUT2D eigenvalue weighted by Gasteiger charge is -2.08. The Labute approximate surface area is 145 Å². The van der Waals surface area contributed by atoms with Gasteiger partial charge >= 0.3 is 0 Å². The maximum Gasteiger partial charge on any atom is 0.251 e. The van der Waals surface area contributed by atoms with E-state index in [4.69, 9.17) is 0 Å². The third kappa shape index (κ3) is 4.19. The van der Waals surface area contributed by atoms with E-state index in [2.05, 4.69) is 15.0 Å². The monoisotopic (exact) mass is 365 g/mol. The van der Waals surface area contributed by atoms with Gasteiger partial charge in [-0.2, -0.15) is 0 Å². The van der Waals surface area contributed by atoms with Crippen molar-refractivity contribution in [2.75, 3.05) is 0 Å². The van der Waals surface area contributed by atoms with Crippen molar-refractivity contribution in [1.29, 1.82) is 0 Å². The van der Waals surface area contributed by atoms with Gasteiger partial charge in [-0.1, -0.05) is 13.0 Å². The van der Waals surface area contributed by atoms with Crippen LogP contribution in [-0.4, -0.2) is 25.4 Å². The number of nitrogens with zero attached hydrogens (tertiary/aromatic N) is 1.